The molecule has 2 aromatic rings. The number of aldehydes is 1. The first-order valence-electron chi connectivity index (χ1n) is 4.51. The molecular formula is C12H11NO. The van der Waals surface area contributed by atoms with Crippen LogP contribution < -0.4 is 5.73 Å². The number of hydrogen-bond donors (Lipinski definition) is 1. The van der Waals surface area contributed by atoms with Gasteiger partial charge in [0.05, 0.1) is 6.04 Å². The number of rotatable bonds is 2. The summed E-state index contributed by atoms with van der Waals surface area (Å²) in [4.78, 5) is 10.6. The van der Waals surface area contributed by atoms with Crippen molar-refractivity contribution in [2.24, 2.45) is 5.73 Å². The van der Waals surface area contributed by atoms with Crippen molar-refractivity contribution < 1.29 is 4.79 Å². The molecule has 0 spiro atoms. The third-order valence-corrected chi connectivity index (χ3v) is 2.33. The van der Waals surface area contributed by atoms with Crippen molar-refractivity contribution in [3.8, 4) is 0 Å². The number of fused-ring (bicyclic) bond motifs is 1. The van der Waals surface area contributed by atoms with E-state index in [0.717, 1.165) is 22.6 Å². The predicted molar refractivity (Wildman–Crippen MR) is 56.9 cm³/mol. The number of nitrogens with two attached hydrogens (primary N) is 1. The average molecular weight is 185 g/mol. The number of carbonyl (C=O) groups excluding carboxylic acids is 1. The maximum absolute atomic E-state index is 10.6. The number of hydrogen-bond acceptors (Lipinski definition) is 2. The average Bonchev–Trinajstić information content (AvgIpc) is 2.27. The van der Waals surface area contributed by atoms with Crippen LogP contribution in [0.15, 0.2) is 42.5 Å². The highest BCUT2D eigenvalue weighted by atomic mass is 16.1. The zero-order valence-corrected chi connectivity index (χ0v) is 7.68. The molecule has 0 radical (unpaired) electrons. The smallest absolute Gasteiger partial charge is 0.141 e. The summed E-state index contributed by atoms with van der Waals surface area (Å²) in [5.41, 5.74) is 6.58. The van der Waals surface area contributed by atoms with Gasteiger partial charge in [-0.1, -0.05) is 42.5 Å². The fourth-order valence-corrected chi connectivity index (χ4v) is 1.61. The normalized spacial score (nSPS) is 12.6. The summed E-state index contributed by atoms with van der Waals surface area (Å²) < 4.78 is 0. The second-order valence-electron chi connectivity index (χ2n) is 3.23. The van der Waals surface area contributed by atoms with Gasteiger partial charge in [-0.3, -0.25) is 0 Å². The molecule has 2 rings (SSSR count). The molecule has 0 aromatic heterocycles. The molecule has 0 aliphatic heterocycles. The van der Waals surface area contributed by atoms with Crippen LogP contribution in [0.5, 0.6) is 0 Å². The lowest BCUT2D eigenvalue weighted by Crippen LogP contribution is -2.11. The van der Waals surface area contributed by atoms with E-state index in [2.05, 4.69) is 0 Å². The molecule has 1 atom stereocenters. The molecule has 2 nitrogen and oxygen atoms in total. The van der Waals surface area contributed by atoms with Crippen LogP contribution in [0, 0.1) is 0 Å². The van der Waals surface area contributed by atoms with Crippen LogP contribution >= 0.6 is 0 Å². The van der Waals surface area contributed by atoms with E-state index in [-0.39, 0.29) is 0 Å². The van der Waals surface area contributed by atoms with Crippen LogP contribution in [0.25, 0.3) is 10.8 Å². The predicted octanol–water partition coefficient (Wildman–Crippen LogP) is 2.04. The molecule has 2 N–H and O–H groups in total. The Kier molecular flexibility index (Phi) is 2.29. The monoisotopic (exact) mass is 185 g/mol. The zero-order chi connectivity index (χ0) is 9.97. The Balaban J connectivity index is 2.70. The summed E-state index contributed by atoms with van der Waals surface area (Å²) in [5, 5.41) is 2.16. The lowest BCUT2D eigenvalue weighted by Gasteiger charge is -2.08. The zero-order valence-electron chi connectivity index (χ0n) is 7.68. The minimum absolute atomic E-state index is 0.527. The lowest BCUT2D eigenvalue weighted by atomic mass is 10.0. The second-order valence-corrected chi connectivity index (χ2v) is 3.23. The summed E-state index contributed by atoms with van der Waals surface area (Å²) in [6, 6.07) is 13.2. The van der Waals surface area contributed by atoms with Crippen LogP contribution in [-0.2, 0) is 4.79 Å². The molecule has 70 valence electrons. The Morgan fingerprint density at radius 2 is 1.79 bits per heavy atom. The highest BCUT2D eigenvalue weighted by molar-refractivity contribution is 5.88. The van der Waals surface area contributed by atoms with Gasteiger partial charge < -0.3 is 10.5 Å². The van der Waals surface area contributed by atoms with E-state index in [0.29, 0.717) is 0 Å². The van der Waals surface area contributed by atoms with Crippen molar-refractivity contribution >= 4 is 17.1 Å². The van der Waals surface area contributed by atoms with E-state index in [1.807, 2.05) is 42.5 Å². The molecule has 2 aromatic carbocycles. The van der Waals surface area contributed by atoms with Gasteiger partial charge in [0.15, 0.2) is 0 Å². The molecule has 0 saturated heterocycles. The third-order valence-electron chi connectivity index (χ3n) is 2.33. The first-order chi connectivity index (χ1) is 6.83. The third kappa shape index (κ3) is 1.40. The van der Waals surface area contributed by atoms with Gasteiger partial charge in [-0.2, -0.15) is 0 Å². The van der Waals surface area contributed by atoms with E-state index in [1.165, 1.54) is 0 Å². The molecule has 0 heterocycles. The summed E-state index contributed by atoms with van der Waals surface area (Å²) in [6.45, 7) is 0. The highest BCUT2D eigenvalue weighted by Gasteiger charge is 2.07. The molecule has 2 heteroatoms. The van der Waals surface area contributed by atoms with Crippen molar-refractivity contribution in [3.63, 3.8) is 0 Å². The molecule has 0 fully saturated rings. The Labute approximate surface area is 82.3 Å². The van der Waals surface area contributed by atoms with E-state index >= 15 is 0 Å². The van der Waals surface area contributed by atoms with Gasteiger partial charge in [0.1, 0.15) is 6.29 Å². The standard InChI is InChI=1S/C12H11NO/c13-12(8-14)11-7-3-5-9-4-1-2-6-10(9)11/h1-8,12H,13H2. The maximum Gasteiger partial charge on any atom is 0.141 e. The largest absolute Gasteiger partial charge is 0.318 e. The van der Waals surface area contributed by atoms with Gasteiger partial charge in [-0.05, 0) is 16.3 Å². The SMILES string of the molecule is NC(C=O)c1cccc2ccccc12. The lowest BCUT2D eigenvalue weighted by molar-refractivity contribution is -0.108. The summed E-state index contributed by atoms with van der Waals surface area (Å²) in [6.07, 6.45) is 0.766. The van der Waals surface area contributed by atoms with Crippen molar-refractivity contribution in [2.45, 2.75) is 6.04 Å². The van der Waals surface area contributed by atoms with Crippen LogP contribution in [0.2, 0.25) is 0 Å². The van der Waals surface area contributed by atoms with Gasteiger partial charge in [-0.25, -0.2) is 0 Å². The van der Waals surface area contributed by atoms with Crippen molar-refractivity contribution in [1.82, 2.24) is 0 Å². The van der Waals surface area contributed by atoms with E-state index in [4.69, 9.17) is 5.73 Å². The van der Waals surface area contributed by atoms with Crippen molar-refractivity contribution in [2.75, 3.05) is 0 Å². The quantitative estimate of drug-likeness (QED) is 0.727. The van der Waals surface area contributed by atoms with Gasteiger partial charge in [-0.15, -0.1) is 0 Å². The van der Waals surface area contributed by atoms with Gasteiger partial charge >= 0.3 is 0 Å². The summed E-state index contributed by atoms with van der Waals surface area (Å²) in [5.74, 6) is 0. The molecule has 14 heavy (non-hydrogen) atoms. The molecule has 0 bridgehead atoms. The van der Waals surface area contributed by atoms with Gasteiger partial charge in [0.2, 0.25) is 0 Å². The molecule has 0 aliphatic rings. The number of carbonyl (C=O) groups is 1. The Morgan fingerprint density at radius 3 is 2.57 bits per heavy atom. The topological polar surface area (TPSA) is 43.1 Å². The Hall–Kier alpha value is -1.67. The van der Waals surface area contributed by atoms with Crippen LogP contribution in [0.1, 0.15) is 11.6 Å². The summed E-state index contributed by atoms with van der Waals surface area (Å²) in [7, 11) is 0. The van der Waals surface area contributed by atoms with Gasteiger partial charge in [0, 0.05) is 0 Å². The molecular weight excluding hydrogens is 174 g/mol. The summed E-state index contributed by atoms with van der Waals surface area (Å²) >= 11 is 0. The Bertz CT molecular complexity index is 459. The van der Waals surface area contributed by atoms with E-state index in [1.54, 1.807) is 0 Å². The van der Waals surface area contributed by atoms with Crippen LogP contribution in [-0.4, -0.2) is 6.29 Å². The highest BCUT2D eigenvalue weighted by Crippen LogP contribution is 2.21. The first-order valence-corrected chi connectivity index (χ1v) is 4.51. The fraction of sp³-hybridized carbons (Fsp3) is 0.0833. The molecule has 1 unspecified atom stereocenters. The van der Waals surface area contributed by atoms with Crippen molar-refractivity contribution in [1.29, 1.82) is 0 Å². The van der Waals surface area contributed by atoms with E-state index < -0.39 is 6.04 Å². The van der Waals surface area contributed by atoms with Crippen LogP contribution in [0.4, 0.5) is 0 Å². The molecule has 0 amide bonds. The first kappa shape index (κ1) is 8.91. The second kappa shape index (κ2) is 3.60. The van der Waals surface area contributed by atoms with E-state index in [9.17, 15) is 4.79 Å². The minimum Gasteiger partial charge on any atom is -0.318 e. The maximum atomic E-state index is 10.6. The van der Waals surface area contributed by atoms with Crippen LogP contribution in [0.3, 0.4) is 0 Å². The molecule has 0 saturated carbocycles. The Morgan fingerprint density at radius 1 is 1.07 bits per heavy atom. The number of benzene rings is 2. The molecule has 0 aliphatic carbocycles. The van der Waals surface area contributed by atoms with Crippen molar-refractivity contribution in [3.05, 3.63) is 48.0 Å². The fourth-order valence-electron chi connectivity index (χ4n) is 1.61. The minimum atomic E-state index is -0.527. The van der Waals surface area contributed by atoms with Gasteiger partial charge in [0.25, 0.3) is 0 Å².